The molecule has 4 aliphatic carbocycles. The number of amides is 2. The molecular weight excluding hydrogens is 1450 g/mol. The number of ketones is 2. The molecule has 2 saturated heterocycles. The smallest absolute Gasteiger partial charge is 0.312 e. The highest BCUT2D eigenvalue weighted by Gasteiger charge is 2.63. The van der Waals surface area contributed by atoms with Crippen LogP contribution in [0.1, 0.15) is 133 Å². The second kappa shape index (κ2) is 31.6. The summed E-state index contributed by atoms with van der Waals surface area (Å²) in [6, 6.07) is 8.35. The number of hydrogen-bond acceptors (Lipinski definition) is 22. The number of fused-ring (bicyclic) bond motifs is 3. The van der Waals surface area contributed by atoms with Crippen molar-refractivity contribution < 1.29 is 67.1 Å². The third-order valence-corrected chi connectivity index (χ3v) is 23.4. The number of nitrogens with two attached hydrogens (primary N) is 1. The number of ether oxygens (including phenoxy) is 6. The maximum atomic E-state index is 14.7. The van der Waals surface area contributed by atoms with E-state index in [1.54, 1.807) is 42.5 Å². The van der Waals surface area contributed by atoms with E-state index < -0.39 is 75.8 Å². The topological polar surface area (TPSA) is 303 Å². The largest absolute Gasteiger partial charge is 0.495 e. The summed E-state index contributed by atoms with van der Waals surface area (Å²) in [5.41, 5.74) is 6.19. The van der Waals surface area contributed by atoms with E-state index in [1.807, 2.05) is 86.1 Å². The molecule has 0 radical (unpaired) electrons. The Kier molecular flexibility index (Phi) is 24.1. The molecule has 6 aromatic rings. The number of carboxylic acids is 1. The molecule has 23 nitrogen and oxygen atoms in total. The summed E-state index contributed by atoms with van der Waals surface area (Å²) in [5, 5.41) is 23.9. The lowest BCUT2D eigenvalue weighted by Gasteiger charge is -2.35. The number of methoxy groups -OCH3 is 3. The number of nitrogens with one attached hydrogen (secondary N) is 2. The molecule has 12 rings (SSSR count). The van der Waals surface area contributed by atoms with Crippen molar-refractivity contribution in [2.24, 2.45) is 57.0 Å². The van der Waals surface area contributed by atoms with E-state index >= 15 is 0 Å². The number of rotatable bonds is 27. The van der Waals surface area contributed by atoms with Gasteiger partial charge in [-0.2, -0.15) is 0 Å². The Morgan fingerprint density at radius 1 is 0.638 bits per heavy atom. The predicted octanol–water partition coefficient (Wildman–Crippen LogP) is 14.1. The van der Waals surface area contributed by atoms with E-state index in [-0.39, 0.29) is 111 Å². The highest BCUT2D eigenvalue weighted by molar-refractivity contribution is 7.14. The predicted molar refractivity (Wildman–Crippen MR) is 409 cm³/mol. The Balaban J connectivity index is 0.000000226. The van der Waals surface area contributed by atoms with Gasteiger partial charge in [0.05, 0.1) is 98.1 Å². The molecule has 5 N–H and O–H groups in total. The van der Waals surface area contributed by atoms with E-state index in [9.17, 15) is 38.7 Å². The zero-order valence-electron chi connectivity index (χ0n) is 61.7. The number of Topliss-reactive ketones (excluding diaryl/α,β-unsaturated/α-hetero) is 2. The fourth-order valence-corrected chi connectivity index (χ4v) is 17.1. The van der Waals surface area contributed by atoms with Crippen molar-refractivity contribution in [2.75, 3.05) is 45.1 Å². The minimum absolute atomic E-state index is 0. The molecular formula is C77H96Cl3N9O14S2. The van der Waals surface area contributed by atoms with Crippen LogP contribution >= 0.6 is 58.3 Å². The number of allylic oxidation sites excluding steroid dienone is 2. The van der Waals surface area contributed by atoms with Crippen LogP contribution in [0.15, 0.2) is 72.5 Å². The molecule has 0 bridgehead atoms. The summed E-state index contributed by atoms with van der Waals surface area (Å²) in [4.78, 5) is 118. The normalized spacial score (nSPS) is 24.9. The molecule has 2 aliphatic heterocycles. The van der Waals surface area contributed by atoms with Gasteiger partial charge < -0.3 is 59.7 Å². The monoisotopic (exact) mass is 1540 g/mol. The van der Waals surface area contributed by atoms with Crippen molar-refractivity contribution in [1.29, 1.82) is 0 Å². The Morgan fingerprint density at radius 3 is 1.49 bits per heavy atom. The minimum Gasteiger partial charge on any atom is -0.495 e. The minimum atomic E-state index is -1.26. The molecule has 6 heterocycles. The Labute approximate surface area is 636 Å². The first-order valence-corrected chi connectivity index (χ1v) is 38.0. The summed E-state index contributed by atoms with van der Waals surface area (Å²) < 4.78 is 35.3. The summed E-state index contributed by atoms with van der Waals surface area (Å²) in [6.07, 6.45) is 5.46. The lowest BCUT2D eigenvalue weighted by molar-refractivity contribution is -0.157. The van der Waals surface area contributed by atoms with Crippen LogP contribution in [0.3, 0.4) is 0 Å². The van der Waals surface area contributed by atoms with Crippen LogP contribution in [-0.4, -0.2) is 159 Å². The number of carbonyl (C=O) groups is 7. The van der Waals surface area contributed by atoms with Crippen molar-refractivity contribution in [2.45, 2.75) is 182 Å². The molecule has 4 saturated carbocycles. The summed E-state index contributed by atoms with van der Waals surface area (Å²) in [7, 11) is 4.37. The molecule has 4 aromatic heterocycles. The van der Waals surface area contributed by atoms with Crippen LogP contribution < -0.4 is 35.3 Å². The first-order chi connectivity index (χ1) is 49.1. The molecule has 13 atom stereocenters. The number of thiazole rings is 2. The van der Waals surface area contributed by atoms with Gasteiger partial charge in [-0.1, -0.05) is 76.9 Å². The van der Waals surface area contributed by atoms with Crippen LogP contribution in [-0.2, 0) is 43.0 Å². The summed E-state index contributed by atoms with van der Waals surface area (Å²) in [6.45, 7) is 27.2. The number of benzene rings is 2. The molecule has 2 aromatic carbocycles. The second-order valence-electron chi connectivity index (χ2n) is 31.4. The molecule has 0 spiro atoms. The van der Waals surface area contributed by atoms with Gasteiger partial charge in [0.15, 0.2) is 21.8 Å². The number of carbonyl (C=O) groups excluding carboxylic acids is 6. The molecule has 6 aliphatic rings. The highest BCUT2D eigenvalue weighted by atomic mass is 35.5. The average Bonchev–Trinajstić information content (AvgIpc) is 1.69. The average molecular weight is 1540 g/mol. The van der Waals surface area contributed by atoms with Crippen LogP contribution in [0.25, 0.3) is 44.6 Å². The standard InChI is InChI=1S/C42H51ClN4O8S.C35H44ClN5O6S.ClH/c1-8-24-17-42(24,39(51)52)18-32(48)31-14-26(19-47(31)38(50)28(41(4,5)6)15-35(49)55-25-12-22-11-23(22)13-25)54-34-16-29(30-20-56-40(46-30)44-21(2)3)45-37-27(34)9-10-33(53-7)36(37)43;1-9-19-14-35(19,32(44)46-8)15-25(42)24-12-20(16-41(24)31(43)30(37)34(4,5)6)47-27-13-22(23-17-48-33(40-23)38-18(2)3)39-29-21(27)10-11-26(45-7)28(29)36;/h8-10,16,20-26,28,31H,1,11-15,17-19H2,2-7H3,(H,44,46)(H,51,52);9-11,13,17-20,24,30H,1,12,14-16,37H2,2-8H3,(H,38,40);1H/t22-,23+,24-,25?,26-,28-,31+,42-;19-,20-,24+,30-,35-;/m11./s1. The van der Waals surface area contributed by atoms with E-state index in [2.05, 4.69) is 23.8 Å². The van der Waals surface area contributed by atoms with Gasteiger partial charge in [-0.05, 0) is 119 Å². The first kappa shape index (κ1) is 79.9. The highest BCUT2D eigenvalue weighted by Crippen LogP contribution is 2.59. The van der Waals surface area contributed by atoms with Crippen molar-refractivity contribution in [3.8, 4) is 45.8 Å². The van der Waals surface area contributed by atoms with Crippen molar-refractivity contribution in [3.05, 3.63) is 82.5 Å². The van der Waals surface area contributed by atoms with Gasteiger partial charge in [-0.25, -0.2) is 19.9 Å². The number of likely N-dealkylation sites (tertiary alicyclic amines) is 2. The maximum absolute atomic E-state index is 14.7. The van der Waals surface area contributed by atoms with Gasteiger partial charge in [0.25, 0.3) is 0 Å². The lowest BCUT2D eigenvalue weighted by Crippen LogP contribution is -2.53. The zero-order chi connectivity index (χ0) is 75.4. The number of nitrogens with zero attached hydrogens (tertiary/aromatic N) is 6. The third-order valence-electron chi connectivity index (χ3n) is 21.2. The van der Waals surface area contributed by atoms with Crippen LogP contribution in [0.5, 0.6) is 23.0 Å². The van der Waals surface area contributed by atoms with Gasteiger partial charge in [0.2, 0.25) is 11.8 Å². The molecule has 1 unspecified atom stereocenters. The number of aromatic nitrogens is 4. The zero-order valence-corrected chi connectivity index (χ0v) is 65.6. The molecule has 2 amide bonds. The Bertz CT molecular complexity index is 4340. The van der Waals surface area contributed by atoms with E-state index in [0.29, 0.717) is 102 Å². The number of hydrogen-bond donors (Lipinski definition) is 4. The molecule has 105 heavy (non-hydrogen) atoms. The molecule has 566 valence electrons. The van der Waals surface area contributed by atoms with E-state index in [0.717, 1.165) is 23.1 Å². The van der Waals surface area contributed by atoms with Gasteiger partial charge in [0.1, 0.15) is 62.7 Å². The van der Waals surface area contributed by atoms with Gasteiger partial charge in [-0.15, -0.1) is 48.2 Å². The van der Waals surface area contributed by atoms with Crippen molar-refractivity contribution in [3.63, 3.8) is 0 Å². The number of aliphatic carboxylic acids is 1. The number of esters is 2. The quantitative estimate of drug-likeness (QED) is 0.0275. The number of anilines is 2. The second-order valence-corrected chi connectivity index (χ2v) is 33.9. The van der Waals surface area contributed by atoms with Gasteiger partial charge in [0, 0.05) is 71.4 Å². The number of carboxylic acid groups (broad SMARTS) is 1. The van der Waals surface area contributed by atoms with E-state index in [4.69, 9.17) is 77.3 Å². The maximum Gasteiger partial charge on any atom is 0.312 e. The van der Waals surface area contributed by atoms with Gasteiger partial charge in [-0.3, -0.25) is 33.6 Å². The SMILES string of the molecule is C=C[C@@H]1C[C@]1(CC(=O)[C@@H]1C[C@@H](Oc2cc(-c3csc(NC(C)C)n3)nc3c(Cl)c(OC)ccc23)CN1C(=O)[C@@H](CC(=O)OC1C[C@@H]2C[C@@H]2C1)C(C)(C)C)C(=O)O.C=C[C@@H]1C[C@]1(CC(=O)[C@@H]1C[C@@H](Oc2cc(-c3csc(NC(C)C)n3)nc3c(Cl)c(OC)ccc23)CN1C(=O)[C@@H](N)C(C)(C)C)C(=O)OC.Cl. The number of pyridine rings is 2. The first-order valence-electron chi connectivity index (χ1n) is 35.4. The van der Waals surface area contributed by atoms with Crippen LogP contribution in [0, 0.1) is 51.2 Å². The fraction of sp³-hybridized carbons (Fsp3) is 0.545. The summed E-state index contributed by atoms with van der Waals surface area (Å²) >= 11 is 16.5. The Hall–Kier alpha value is -7.68. The fourth-order valence-electron chi connectivity index (χ4n) is 14.9. The number of halogens is 3. The molecule has 6 fully saturated rings. The van der Waals surface area contributed by atoms with Crippen molar-refractivity contribution in [1.82, 2.24) is 29.7 Å². The van der Waals surface area contributed by atoms with Crippen LogP contribution in [0.2, 0.25) is 10.0 Å². The third kappa shape index (κ3) is 17.0. The lowest BCUT2D eigenvalue weighted by atomic mass is 9.77. The van der Waals surface area contributed by atoms with Crippen molar-refractivity contribution >= 4 is 132 Å². The van der Waals surface area contributed by atoms with E-state index in [1.165, 1.54) is 60.2 Å². The Morgan fingerprint density at radius 2 is 1.09 bits per heavy atom. The van der Waals surface area contributed by atoms with Gasteiger partial charge >= 0.3 is 17.9 Å². The van der Waals surface area contributed by atoms with Crippen LogP contribution in [0.4, 0.5) is 10.3 Å². The molecule has 28 heteroatoms. The summed E-state index contributed by atoms with van der Waals surface area (Å²) in [5.74, 6) is -1.52.